The molecular formula is C21H21NO2S. The van der Waals surface area contributed by atoms with Crippen molar-refractivity contribution in [3.8, 4) is 11.5 Å². The smallest absolute Gasteiger partial charge is 0.161 e. The summed E-state index contributed by atoms with van der Waals surface area (Å²) in [5.41, 5.74) is 2.47. The van der Waals surface area contributed by atoms with E-state index in [0.717, 1.165) is 28.7 Å². The second-order valence-electron chi connectivity index (χ2n) is 5.70. The van der Waals surface area contributed by atoms with Crippen LogP contribution in [0.2, 0.25) is 0 Å². The number of hydrogen-bond donors (Lipinski definition) is 0. The van der Waals surface area contributed by atoms with Crippen LogP contribution < -0.4 is 9.47 Å². The van der Waals surface area contributed by atoms with Crippen molar-refractivity contribution >= 4 is 32.2 Å². The second kappa shape index (κ2) is 7.11. The number of thiophene rings is 1. The van der Waals surface area contributed by atoms with E-state index in [-0.39, 0.29) is 7.43 Å². The van der Waals surface area contributed by atoms with Crippen LogP contribution in [0.5, 0.6) is 11.5 Å². The fourth-order valence-electron chi connectivity index (χ4n) is 3.04. The number of benzene rings is 2. The predicted octanol–water partition coefficient (Wildman–Crippen LogP) is 5.69. The van der Waals surface area contributed by atoms with Gasteiger partial charge in [0, 0.05) is 22.5 Å². The van der Waals surface area contributed by atoms with Crippen molar-refractivity contribution in [2.75, 3.05) is 14.2 Å². The van der Waals surface area contributed by atoms with Crippen LogP contribution in [-0.2, 0) is 6.42 Å². The summed E-state index contributed by atoms with van der Waals surface area (Å²) in [7, 11) is 3.31. The average Bonchev–Trinajstić information content (AvgIpc) is 3.08. The summed E-state index contributed by atoms with van der Waals surface area (Å²) in [4.78, 5) is 4.40. The molecule has 25 heavy (non-hydrogen) atoms. The number of fused-ring (bicyclic) bond motifs is 2. The van der Waals surface area contributed by atoms with Crippen molar-refractivity contribution in [1.29, 1.82) is 0 Å². The molecule has 2 aromatic heterocycles. The lowest BCUT2D eigenvalue weighted by atomic mass is 10.00. The van der Waals surface area contributed by atoms with E-state index in [2.05, 4.69) is 34.6 Å². The maximum Gasteiger partial charge on any atom is 0.161 e. The van der Waals surface area contributed by atoms with Gasteiger partial charge in [0.25, 0.3) is 0 Å². The minimum Gasteiger partial charge on any atom is -0.493 e. The Kier molecular flexibility index (Phi) is 4.91. The van der Waals surface area contributed by atoms with Crippen molar-refractivity contribution in [2.24, 2.45) is 0 Å². The van der Waals surface area contributed by atoms with Gasteiger partial charge < -0.3 is 9.47 Å². The van der Waals surface area contributed by atoms with Crippen molar-refractivity contribution in [3.05, 3.63) is 65.3 Å². The standard InChI is InChI=1S/C20H17NO2S.CH4/c1-22-18-9-16-12-21-11-15(17(16)10-19(18)23-2)8-13-3-4-20-14(7-13)5-6-24-20;/h3-7,9-12H,8H2,1-2H3;1H4. The highest BCUT2D eigenvalue weighted by Gasteiger charge is 2.10. The molecule has 3 nitrogen and oxygen atoms in total. The summed E-state index contributed by atoms with van der Waals surface area (Å²) in [6, 6.07) is 12.8. The quantitative estimate of drug-likeness (QED) is 0.473. The largest absolute Gasteiger partial charge is 0.493 e. The first-order chi connectivity index (χ1) is 11.8. The molecule has 0 atom stereocenters. The third kappa shape index (κ3) is 3.17. The Labute approximate surface area is 151 Å². The highest BCUT2D eigenvalue weighted by Crippen LogP contribution is 2.34. The molecule has 2 aromatic carbocycles. The van der Waals surface area contributed by atoms with Crippen LogP contribution in [0.3, 0.4) is 0 Å². The van der Waals surface area contributed by atoms with Gasteiger partial charge in [-0.2, -0.15) is 0 Å². The number of ether oxygens (including phenoxy) is 2. The van der Waals surface area contributed by atoms with Gasteiger partial charge in [-0.05, 0) is 64.0 Å². The van der Waals surface area contributed by atoms with E-state index in [9.17, 15) is 0 Å². The molecule has 0 spiro atoms. The molecule has 4 rings (SSSR count). The molecule has 0 aliphatic carbocycles. The summed E-state index contributed by atoms with van der Waals surface area (Å²) in [6.45, 7) is 0. The minimum atomic E-state index is 0. The monoisotopic (exact) mass is 351 g/mol. The Morgan fingerprint density at radius 3 is 2.52 bits per heavy atom. The predicted molar refractivity (Wildman–Crippen MR) is 106 cm³/mol. The third-order valence-electron chi connectivity index (χ3n) is 4.26. The molecular weight excluding hydrogens is 330 g/mol. The van der Waals surface area contributed by atoms with Crippen molar-refractivity contribution < 1.29 is 9.47 Å². The highest BCUT2D eigenvalue weighted by molar-refractivity contribution is 7.17. The number of aromatic nitrogens is 1. The maximum absolute atomic E-state index is 5.45. The molecule has 0 amide bonds. The number of hydrogen-bond acceptors (Lipinski definition) is 4. The van der Waals surface area contributed by atoms with Crippen LogP contribution in [0.1, 0.15) is 18.6 Å². The molecule has 0 N–H and O–H groups in total. The number of rotatable bonds is 4. The minimum absolute atomic E-state index is 0. The molecule has 0 saturated carbocycles. The Morgan fingerprint density at radius 2 is 1.72 bits per heavy atom. The van der Waals surface area contributed by atoms with Crippen LogP contribution in [0.4, 0.5) is 0 Å². The maximum atomic E-state index is 5.45. The molecule has 0 saturated heterocycles. The summed E-state index contributed by atoms with van der Waals surface area (Å²) in [5.74, 6) is 1.47. The zero-order valence-electron chi connectivity index (χ0n) is 13.6. The van der Waals surface area contributed by atoms with E-state index in [4.69, 9.17) is 9.47 Å². The zero-order valence-corrected chi connectivity index (χ0v) is 14.4. The molecule has 2 heterocycles. The Morgan fingerprint density at radius 1 is 0.920 bits per heavy atom. The first kappa shape index (κ1) is 17.2. The lowest BCUT2D eigenvalue weighted by molar-refractivity contribution is 0.356. The van der Waals surface area contributed by atoms with Gasteiger partial charge in [0.15, 0.2) is 11.5 Å². The fourth-order valence-corrected chi connectivity index (χ4v) is 3.81. The van der Waals surface area contributed by atoms with Crippen LogP contribution >= 0.6 is 11.3 Å². The summed E-state index contributed by atoms with van der Waals surface area (Å²) < 4.78 is 12.2. The number of nitrogens with zero attached hydrogens (tertiary/aromatic N) is 1. The van der Waals surface area contributed by atoms with E-state index in [1.165, 1.54) is 21.2 Å². The fraction of sp³-hybridized carbons (Fsp3) is 0.190. The second-order valence-corrected chi connectivity index (χ2v) is 6.64. The molecule has 0 aliphatic rings. The van der Waals surface area contributed by atoms with Crippen molar-refractivity contribution in [1.82, 2.24) is 4.98 Å². The highest BCUT2D eigenvalue weighted by atomic mass is 32.1. The summed E-state index contributed by atoms with van der Waals surface area (Å²) in [5, 5.41) is 5.63. The van der Waals surface area contributed by atoms with E-state index >= 15 is 0 Å². The van der Waals surface area contributed by atoms with Crippen molar-refractivity contribution in [2.45, 2.75) is 13.8 Å². The Balaban J connectivity index is 0.00000182. The zero-order chi connectivity index (χ0) is 16.5. The molecule has 0 fully saturated rings. The molecule has 0 aliphatic heterocycles. The summed E-state index contributed by atoms with van der Waals surface area (Å²) in [6.07, 6.45) is 4.64. The van der Waals surface area contributed by atoms with Gasteiger partial charge in [-0.3, -0.25) is 4.98 Å². The number of pyridine rings is 1. The molecule has 0 unspecified atom stereocenters. The van der Waals surface area contributed by atoms with E-state index in [0.29, 0.717) is 0 Å². The van der Waals surface area contributed by atoms with Gasteiger partial charge in [-0.25, -0.2) is 0 Å². The Hall–Kier alpha value is -2.59. The molecule has 0 bridgehead atoms. The Bertz CT molecular complexity index is 1020. The third-order valence-corrected chi connectivity index (χ3v) is 5.15. The number of methoxy groups -OCH3 is 2. The topological polar surface area (TPSA) is 31.4 Å². The van der Waals surface area contributed by atoms with Gasteiger partial charge in [0.1, 0.15) is 0 Å². The van der Waals surface area contributed by atoms with Gasteiger partial charge in [0.2, 0.25) is 0 Å². The van der Waals surface area contributed by atoms with Crippen LogP contribution in [0.25, 0.3) is 20.9 Å². The van der Waals surface area contributed by atoms with E-state index < -0.39 is 0 Å². The van der Waals surface area contributed by atoms with E-state index in [1.807, 2.05) is 24.5 Å². The van der Waals surface area contributed by atoms with Crippen molar-refractivity contribution in [3.63, 3.8) is 0 Å². The molecule has 128 valence electrons. The SMILES string of the molecule is C.COc1cc2cncc(Cc3ccc4sccc4c3)c2cc1OC. The van der Waals surface area contributed by atoms with Gasteiger partial charge in [0.05, 0.1) is 14.2 Å². The molecule has 4 heteroatoms. The van der Waals surface area contributed by atoms with Gasteiger partial charge in [-0.1, -0.05) is 13.5 Å². The normalized spacial score (nSPS) is 10.6. The van der Waals surface area contributed by atoms with Gasteiger partial charge in [-0.15, -0.1) is 11.3 Å². The lowest BCUT2D eigenvalue weighted by Gasteiger charge is -2.12. The van der Waals surface area contributed by atoms with E-state index in [1.54, 1.807) is 25.6 Å². The van der Waals surface area contributed by atoms with Crippen LogP contribution in [0, 0.1) is 0 Å². The summed E-state index contributed by atoms with van der Waals surface area (Å²) >= 11 is 1.77. The lowest BCUT2D eigenvalue weighted by Crippen LogP contribution is -1.95. The first-order valence-corrected chi connectivity index (χ1v) is 8.61. The van der Waals surface area contributed by atoms with Crippen LogP contribution in [-0.4, -0.2) is 19.2 Å². The van der Waals surface area contributed by atoms with Crippen LogP contribution in [0.15, 0.2) is 54.2 Å². The molecule has 0 radical (unpaired) electrons. The van der Waals surface area contributed by atoms with Gasteiger partial charge >= 0.3 is 0 Å². The first-order valence-electron chi connectivity index (χ1n) is 7.73. The molecule has 4 aromatic rings. The average molecular weight is 351 g/mol.